The summed E-state index contributed by atoms with van der Waals surface area (Å²) in [5, 5.41) is 11.9. The molecule has 30 heavy (non-hydrogen) atoms. The Balaban J connectivity index is 1.44. The van der Waals surface area contributed by atoms with E-state index in [4.69, 9.17) is 5.26 Å². The molecule has 1 spiro atoms. The number of nitrogens with zero attached hydrogens (tertiary/aromatic N) is 3. The summed E-state index contributed by atoms with van der Waals surface area (Å²) >= 11 is 0. The maximum atomic E-state index is 13.1. The van der Waals surface area contributed by atoms with Gasteiger partial charge in [-0.05, 0) is 49.6 Å². The molecule has 0 bridgehead atoms. The maximum Gasteiger partial charge on any atom is 0.321 e. The molecule has 156 valence electrons. The zero-order chi connectivity index (χ0) is 21.2. The summed E-state index contributed by atoms with van der Waals surface area (Å²) in [5.74, 6) is 0. The van der Waals surface area contributed by atoms with Crippen molar-refractivity contribution >= 4 is 21.7 Å². The van der Waals surface area contributed by atoms with Crippen LogP contribution in [0.2, 0.25) is 0 Å². The standard InChI is InChI=1S/C22H24N4O3S/c23-15-18-6-4-7-19(14-18)24-21(27)25-13-11-22(16-25)10-5-12-26(17-22)30(28,29)20-8-2-1-3-9-20/h1-4,6-9,14H,5,10-13,16-17H2,(H,24,27)/t22-/m0/s1. The fraction of sp³-hybridized carbons (Fsp3) is 0.364. The quantitative estimate of drug-likeness (QED) is 0.818. The van der Waals surface area contributed by atoms with Crippen molar-refractivity contribution in [2.45, 2.75) is 24.2 Å². The topological polar surface area (TPSA) is 93.5 Å². The number of likely N-dealkylation sites (tertiary alicyclic amines) is 1. The number of nitrogens with one attached hydrogen (secondary N) is 1. The number of hydrogen-bond acceptors (Lipinski definition) is 4. The molecule has 2 aliphatic heterocycles. The van der Waals surface area contributed by atoms with Gasteiger partial charge >= 0.3 is 6.03 Å². The van der Waals surface area contributed by atoms with Crippen LogP contribution >= 0.6 is 0 Å². The molecule has 2 amide bonds. The number of hydrogen-bond donors (Lipinski definition) is 1. The van der Waals surface area contributed by atoms with E-state index in [9.17, 15) is 13.2 Å². The van der Waals surface area contributed by atoms with Gasteiger partial charge in [-0.15, -0.1) is 0 Å². The first-order valence-electron chi connectivity index (χ1n) is 10.0. The molecule has 2 aromatic rings. The van der Waals surface area contributed by atoms with Gasteiger partial charge in [0.1, 0.15) is 0 Å². The van der Waals surface area contributed by atoms with Gasteiger partial charge in [0, 0.05) is 37.3 Å². The van der Waals surface area contributed by atoms with Crippen LogP contribution in [0.3, 0.4) is 0 Å². The number of piperidine rings is 1. The Hall–Kier alpha value is -2.89. The molecule has 2 aromatic carbocycles. The lowest BCUT2D eigenvalue weighted by Gasteiger charge is -2.39. The largest absolute Gasteiger partial charge is 0.324 e. The van der Waals surface area contributed by atoms with Crippen molar-refractivity contribution in [1.29, 1.82) is 5.26 Å². The van der Waals surface area contributed by atoms with Crippen LogP contribution in [0.4, 0.5) is 10.5 Å². The molecule has 1 N–H and O–H groups in total. The summed E-state index contributed by atoms with van der Waals surface area (Å²) in [5.41, 5.74) is 0.850. The summed E-state index contributed by atoms with van der Waals surface area (Å²) in [6.07, 6.45) is 2.46. The van der Waals surface area contributed by atoms with Crippen LogP contribution in [0, 0.1) is 16.7 Å². The predicted octanol–water partition coefficient (Wildman–Crippen LogP) is 3.27. The zero-order valence-electron chi connectivity index (χ0n) is 16.6. The van der Waals surface area contributed by atoms with Gasteiger partial charge in [-0.2, -0.15) is 9.57 Å². The van der Waals surface area contributed by atoms with Gasteiger partial charge in [-0.1, -0.05) is 24.3 Å². The Labute approximate surface area is 177 Å². The van der Waals surface area contributed by atoms with Crippen molar-refractivity contribution < 1.29 is 13.2 Å². The lowest BCUT2D eigenvalue weighted by molar-refractivity contribution is 0.151. The van der Waals surface area contributed by atoms with Gasteiger partial charge in [0.15, 0.2) is 0 Å². The van der Waals surface area contributed by atoms with Crippen molar-refractivity contribution in [2.24, 2.45) is 5.41 Å². The van der Waals surface area contributed by atoms with Crippen LogP contribution in [-0.2, 0) is 10.0 Å². The highest BCUT2D eigenvalue weighted by atomic mass is 32.2. The van der Waals surface area contributed by atoms with E-state index in [1.807, 2.05) is 0 Å². The number of carbonyl (C=O) groups is 1. The van der Waals surface area contributed by atoms with Crippen molar-refractivity contribution in [3.05, 3.63) is 60.2 Å². The summed E-state index contributed by atoms with van der Waals surface area (Å²) < 4.78 is 27.7. The average Bonchev–Trinajstić information content (AvgIpc) is 3.17. The third-order valence-corrected chi connectivity index (χ3v) is 7.84. The Morgan fingerprint density at radius 3 is 2.60 bits per heavy atom. The maximum absolute atomic E-state index is 13.1. The molecule has 8 heteroatoms. The molecule has 0 unspecified atom stereocenters. The number of benzene rings is 2. The number of amides is 2. The molecule has 2 heterocycles. The second-order valence-electron chi connectivity index (χ2n) is 8.05. The minimum atomic E-state index is -3.54. The molecular weight excluding hydrogens is 400 g/mol. The predicted molar refractivity (Wildman–Crippen MR) is 113 cm³/mol. The fourth-order valence-electron chi connectivity index (χ4n) is 4.42. The van der Waals surface area contributed by atoms with Crippen molar-refractivity contribution in [2.75, 3.05) is 31.5 Å². The first-order chi connectivity index (χ1) is 14.4. The Bertz CT molecular complexity index is 1080. The van der Waals surface area contributed by atoms with Crippen LogP contribution in [0.5, 0.6) is 0 Å². The smallest absolute Gasteiger partial charge is 0.321 e. The molecule has 0 aromatic heterocycles. The van der Waals surface area contributed by atoms with Gasteiger partial charge < -0.3 is 10.2 Å². The lowest BCUT2D eigenvalue weighted by atomic mass is 9.80. The van der Waals surface area contributed by atoms with Gasteiger partial charge in [0.2, 0.25) is 10.0 Å². The second-order valence-corrected chi connectivity index (χ2v) is 9.99. The van der Waals surface area contributed by atoms with Gasteiger partial charge in [-0.25, -0.2) is 13.2 Å². The Kier molecular flexibility index (Phi) is 5.50. The molecule has 2 aliphatic rings. The normalized spacial score (nSPS) is 22.0. The highest BCUT2D eigenvalue weighted by Crippen LogP contribution is 2.40. The Morgan fingerprint density at radius 2 is 1.83 bits per heavy atom. The summed E-state index contributed by atoms with van der Waals surface area (Å²) in [4.78, 5) is 14.8. The van der Waals surface area contributed by atoms with Crippen molar-refractivity contribution in [3.8, 4) is 6.07 Å². The summed E-state index contributed by atoms with van der Waals surface area (Å²) in [6.45, 7) is 2.05. The van der Waals surface area contributed by atoms with Crippen LogP contribution in [0.25, 0.3) is 0 Å². The molecule has 0 saturated carbocycles. The van der Waals surface area contributed by atoms with E-state index in [0.717, 1.165) is 19.3 Å². The van der Waals surface area contributed by atoms with Gasteiger partial charge in [0.25, 0.3) is 0 Å². The van der Waals surface area contributed by atoms with Crippen LogP contribution in [-0.4, -0.2) is 49.8 Å². The SMILES string of the molecule is N#Cc1cccc(NC(=O)N2CC[C@@]3(CCCN(S(=O)(=O)c4ccccc4)C3)C2)c1. The number of anilines is 1. The highest BCUT2D eigenvalue weighted by molar-refractivity contribution is 7.89. The third kappa shape index (κ3) is 4.04. The number of nitriles is 1. The highest BCUT2D eigenvalue weighted by Gasteiger charge is 2.45. The van der Waals surface area contributed by atoms with Crippen LogP contribution in [0.15, 0.2) is 59.5 Å². The van der Waals surface area contributed by atoms with E-state index in [1.165, 1.54) is 0 Å². The number of rotatable bonds is 3. The molecular formula is C22H24N4O3S. The molecule has 2 fully saturated rings. The van der Waals surface area contributed by atoms with Crippen LogP contribution < -0.4 is 5.32 Å². The van der Waals surface area contributed by atoms with Crippen molar-refractivity contribution in [1.82, 2.24) is 9.21 Å². The molecule has 7 nitrogen and oxygen atoms in total. The van der Waals surface area contributed by atoms with E-state index in [-0.39, 0.29) is 11.4 Å². The second kappa shape index (κ2) is 8.09. The first kappa shape index (κ1) is 20.4. The number of carbonyl (C=O) groups excluding carboxylic acids is 1. The lowest BCUT2D eigenvalue weighted by Crippen LogP contribution is -2.47. The van der Waals surface area contributed by atoms with Crippen molar-refractivity contribution in [3.63, 3.8) is 0 Å². The molecule has 0 aliphatic carbocycles. The zero-order valence-corrected chi connectivity index (χ0v) is 17.4. The van der Waals surface area contributed by atoms with E-state index in [1.54, 1.807) is 63.8 Å². The fourth-order valence-corrected chi connectivity index (χ4v) is 6.03. The molecule has 0 radical (unpaired) electrons. The first-order valence-corrected chi connectivity index (χ1v) is 11.5. The van der Waals surface area contributed by atoms with Gasteiger partial charge in [-0.3, -0.25) is 0 Å². The summed E-state index contributed by atoms with van der Waals surface area (Å²) in [7, 11) is -3.54. The van der Waals surface area contributed by atoms with Gasteiger partial charge in [0.05, 0.1) is 16.5 Å². The van der Waals surface area contributed by atoms with E-state index >= 15 is 0 Å². The van der Waals surface area contributed by atoms with E-state index < -0.39 is 10.0 Å². The minimum absolute atomic E-state index is 0.216. The Morgan fingerprint density at radius 1 is 1.03 bits per heavy atom. The molecule has 1 atom stereocenters. The molecule has 2 saturated heterocycles. The summed E-state index contributed by atoms with van der Waals surface area (Å²) in [6, 6.07) is 17.2. The molecule has 4 rings (SSSR count). The number of urea groups is 1. The van der Waals surface area contributed by atoms with E-state index in [2.05, 4.69) is 11.4 Å². The third-order valence-electron chi connectivity index (χ3n) is 5.98. The minimum Gasteiger partial charge on any atom is -0.324 e. The van der Waals surface area contributed by atoms with Crippen LogP contribution in [0.1, 0.15) is 24.8 Å². The number of sulfonamides is 1. The average molecular weight is 425 g/mol. The van der Waals surface area contributed by atoms with E-state index in [0.29, 0.717) is 42.3 Å². The monoisotopic (exact) mass is 424 g/mol.